The summed E-state index contributed by atoms with van der Waals surface area (Å²) in [5, 5.41) is 4.01. The number of hydrogen-bond acceptors (Lipinski definition) is 6. The fraction of sp³-hybridized carbons (Fsp3) is 0.786. The van der Waals surface area contributed by atoms with Crippen molar-refractivity contribution in [3.63, 3.8) is 0 Å². The Hall–Kier alpha value is -0.820. The maximum absolute atomic E-state index is 12.4. The summed E-state index contributed by atoms with van der Waals surface area (Å²) in [5.41, 5.74) is 5.80. The Bertz CT molecular complexity index is 573. The molecule has 0 saturated heterocycles. The molecule has 120 valence electrons. The average Bonchev–Trinajstić information content (AvgIpc) is 2.69. The van der Waals surface area contributed by atoms with Crippen LogP contribution in [0.1, 0.15) is 46.5 Å². The largest absolute Gasteiger partial charge is 0.382 e. The quantitative estimate of drug-likeness (QED) is 0.865. The lowest BCUT2D eigenvalue weighted by atomic mass is 9.80. The Morgan fingerprint density at radius 2 is 1.90 bits per heavy atom. The minimum Gasteiger partial charge on any atom is -0.382 e. The van der Waals surface area contributed by atoms with E-state index >= 15 is 0 Å². The average molecular weight is 332 g/mol. The zero-order valence-corrected chi connectivity index (χ0v) is 14.6. The number of nitrogen functional groups attached to an aromatic ring is 1. The number of hydrogen-bond donors (Lipinski definition) is 2. The number of aromatic nitrogens is 1. The van der Waals surface area contributed by atoms with E-state index in [1.165, 1.54) is 6.42 Å². The van der Waals surface area contributed by atoms with Gasteiger partial charge in [-0.25, -0.2) is 8.42 Å². The SMILES string of the molecule is CCCS(=O)(=O)c1c(N)nsc1NC1CC(C)CC(C)C1. The van der Waals surface area contributed by atoms with Crippen LogP contribution in [0.5, 0.6) is 0 Å². The highest BCUT2D eigenvalue weighted by molar-refractivity contribution is 7.91. The fourth-order valence-electron chi connectivity index (χ4n) is 3.31. The molecule has 1 fully saturated rings. The molecule has 0 radical (unpaired) electrons. The maximum Gasteiger partial charge on any atom is 0.185 e. The van der Waals surface area contributed by atoms with Crippen LogP contribution < -0.4 is 11.1 Å². The second kappa shape index (κ2) is 6.52. The molecule has 1 aliphatic carbocycles. The molecule has 2 atom stereocenters. The molecule has 1 aromatic heterocycles. The first-order valence-electron chi connectivity index (χ1n) is 7.58. The van der Waals surface area contributed by atoms with Gasteiger partial charge in [-0.3, -0.25) is 0 Å². The van der Waals surface area contributed by atoms with Crippen LogP contribution in [0, 0.1) is 11.8 Å². The predicted molar refractivity (Wildman–Crippen MR) is 88.5 cm³/mol. The molecule has 3 N–H and O–H groups in total. The van der Waals surface area contributed by atoms with E-state index in [0.717, 1.165) is 24.4 Å². The van der Waals surface area contributed by atoms with Crippen molar-refractivity contribution in [1.29, 1.82) is 0 Å². The monoisotopic (exact) mass is 331 g/mol. The lowest BCUT2D eigenvalue weighted by Gasteiger charge is -2.32. The van der Waals surface area contributed by atoms with Gasteiger partial charge in [-0.2, -0.15) is 4.37 Å². The van der Waals surface area contributed by atoms with E-state index in [9.17, 15) is 8.42 Å². The van der Waals surface area contributed by atoms with E-state index in [2.05, 4.69) is 23.5 Å². The smallest absolute Gasteiger partial charge is 0.185 e. The maximum atomic E-state index is 12.4. The lowest BCUT2D eigenvalue weighted by molar-refractivity contribution is 0.281. The van der Waals surface area contributed by atoms with Crippen molar-refractivity contribution < 1.29 is 8.42 Å². The molecule has 2 unspecified atom stereocenters. The minimum atomic E-state index is -3.35. The third-order valence-corrected chi connectivity index (χ3v) is 6.87. The number of anilines is 2. The van der Waals surface area contributed by atoms with Crippen molar-refractivity contribution in [2.24, 2.45) is 11.8 Å². The lowest BCUT2D eigenvalue weighted by Crippen LogP contribution is -2.30. The van der Waals surface area contributed by atoms with E-state index in [4.69, 9.17) is 5.73 Å². The van der Waals surface area contributed by atoms with Crippen LogP contribution >= 0.6 is 11.5 Å². The molecule has 0 bridgehead atoms. The van der Waals surface area contributed by atoms with Gasteiger partial charge < -0.3 is 11.1 Å². The van der Waals surface area contributed by atoms with Crippen molar-refractivity contribution >= 4 is 32.2 Å². The third-order valence-electron chi connectivity index (χ3n) is 3.97. The Morgan fingerprint density at radius 1 is 1.29 bits per heavy atom. The molecule has 5 nitrogen and oxygen atoms in total. The molecule has 0 aliphatic heterocycles. The van der Waals surface area contributed by atoms with Gasteiger partial charge in [-0.15, -0.1) is 0 Å². The normalized spacial score (nSPS) is 26.7. The summed E-state index contributed by atoms with van der Waals surface area (Å²) in [6.07, 6.45) is 3.95. The van der Waals surface area contributed by atoms with Crippen molar-refractivity contribution in [2.75, 3.05) is 16.8 Å². The zero-order valence-electron chi connectivity index (χ0n) is 12.9. The molecule has 21 heavy (non-hydrogen) atoms. The Balaban J connectivity index is 2.22. The second-order valence-electron chi connectivity index (χ2n) is 6.30. The molecule has 1 saturated carbocycles. The molecule has 1 heterocycles. The first kappa shape index (κ1) is 16.5. The summed E-state index contributed by atoms with van der Waals surface area (Å²) in [6.45, 7) is 6.35. The molecule has 2 rings (SSSR count). The molecule has 0 spiro atoms. The predicted octanol–water partition coefficient (Wildman–Crippen LogP) is 3.15. The van der Waals surface area contributed by atoms with E-state index < -0.39 is 9.84 Å². The van der Waals surface area contributed by atoms with Gasteiger partial charge in [0, 0.05) is 6.04 Å². The van der Waals surface area contributed by atoms with Crippen LogP contribution in [0.25, 0.3) is 0 Å². The van der Waals surface area contributed by atoms with Crippen LogP contribution in [0.2, 0.25) is 0 Å². The molecule has 7 heteroatoms. The van der Waals surface area contributed by atoms with Crippen molar-refractivity contribution in [1.82, 2.24) is 4.37 Å². The second-order valence-corrected chi connectivity index (χ2v) is 9.12. The van der Waals surface area contributed by atoms with E-state index in [0.29, 0.717) is 29.3 Å². The summed E-state index contributed by atoms with van der Waals surface area (Å²) < 4.78 is 28.8. The highest BCUT2D eigenvalue weighted by Gasteiger charge is 2.29. The number of sulfone groups is 1. The molecule has 0 aromatic carbocycles. The third kappa shape index (κ3) is 3.88. The van der Waals surface area contributed by atoms with Gasteiger partial charge in [-0.1, -0.05) is 20.8 Å². The van der Waals surface area contributed by atoms with Gasteiger partial charge in [0.05, 0.1) is 5.75 Å². The van der Waals surface area contributed by atoms with Crippen LogP contribution in [-0.2, 0) is 9.84 Å². The van der Waals surface area contributed by atoms with Crippen molar-refractivity contribution in [3.8, 4) is 0 Å². The van der Waals surface area contributed by atoms with Gasteiger partial charge in [-0.05, 0) is 49.1 Å². The number of nitrogens with zero attached hydrogens (tertiary/aromatic N) is 1. The van der Waals surface area contributed by atoms with Crippen molar-refractivity contribution in [3.05, 3.63) is 0 Å². The fourth-order valence-corrected chi connectivity index (χ4v) is 5.99. The van der Waals surface area contributed by atoms with Gasteiger partial charge >= 0.3 is 0 Å². The topological polar surface area (TPSA) is 85.1 Å². The van der Waals surface area contributed by atoms with Gasteiger partial charge in [0.15, 0.2) is 15.7 Å². The summed E-state index contributed by atoms with van der Waals surface area (Å²) in [5.74, 6) is 1.56. The molecule has 0 amide bonds. The molecular weight excluding hydrogens is 306 g/mol. The summed E-state index contributed by atoms with van der Waals surface area (Å²) in [6, 6.07) is 0.305. The van der Waals surface area contributed by atoms with Gasteiger partial charge in [0.1, 0.15) is 9.90 Å². The molecular formula is C14H25N3O2S2. The van der Waals surface area contributed by atoms with E-state index in [-0.39, 0.29) is 16.5 Å². The Labute approximate surface area is 131 Å². The summed E-state index contributed by atoms with van der Waals surface area (Å²) in [4.78, 5) is 0.209. The van der Waals surface area contributed by atoms with E-state index in [1.54, 1.807) is 0 Å². The number of rotatable bonds is 5. The number of nitrogens with one attached hydrogen (secondary N) is 1. The zero-order chi connectivity index (χ0) is 15.6. The standard InChI is InChI=1S/C14H25N3O2S2/c1-4-5-21(18,19)12-13(15)17-20-14(12)16-11-7-9(2)6-10(3)8-11/h9-11,16H,4-8H2,1-3H3,(H2,15,17). The highest BCUT2D eigenvalue weighted by Crippen LogP contribution is 2.36. The minimum absolute atomic E-state index is 0.113. The first-order chi connectivity index (χ1) is 9.83. The van der Waals surface area contributed by atoms with Crippen LogP contribution in [-0.4, -0.2) is 24.6 Å². The molecule has 1 aromatic rings. The van der Waals surface area contributed by atoms with Gasteiger partial charge in [0.2, 0.25) is 0 Å². The Morgan fingerprint density at radius 3 is 2.48 bits per heavy atom. The van der Waals surface area contributed by atoms with Crippen LogP contribution in [0.4, 0.5) is 10.8 Å². The van der Waals surface area contributed by atoms with Crippen LogP contribution in [0.15, 0.2) is 4.90 Å². The highest BCUT2D eigenvalue weighted by atomic mass is 32.2. The van der Waals surface area contributed by atoms with Gasteiger partial charge in [0.25, 0.3) is 0 Å². The number of nitrogens with two attached hydrogens (primary N) is 1. The van der Waals surface area contributed by atoms with Crippen LogP contribution in [0.3, 0.4) is 0 Å². The Kier molecular flexibility index (Phi) is 5.14. The molecule has 1 aliphatic rings. The first-order valence-corrected chi connectivity index (χ1v) is 10.0. The summed E-state index contributed by atoms with van der Waals surface area (Å²) in [7, 11) is -3.35. The van der Waals surface area contributed by atoms with Crippen molar-refractivity contribution in [2.45, 2.75) is 57.4 Å². The summed E-state index contributed by atoms with van der Waals surface area (Å²) >= 11 is 1.16. The van der Waals surface area contributed by atoms with E-state index in [1.807, 2.05) is 6.92 Å².